The first-order chi connectivity index (χ1) is 18.8. The van der Waals surface area contributed by atoms with Crippen molar-refractivity contribution < 1.29 is 14.5 Å². The molecular formula is C28H27ClN4O5S. The van der Waals surface area contributed by atoms with Gasteiger partial charge in [-0.3, -0.25) is 19.5 Å². The first kappa shape index (κ1) is 26.8. The summed E-state index contributed by atoms with van der Waals surface area (Å²) < 4.78 is 7.15. The number of aromatic nitrogens is 1. The van der Waals surface area contributed by atoms with Gasteiger partial charge in [-0.25, -0.2) is 9.79 Å². The van der Waals surface area contributed by atoms with Crippen molar-refractivity contribution in [3.05, 3.63) is 99.7 Å². The van der Waals surface area contributed by atoms with Gasteiger partial charge < -0.3 is 9.64 Å². The molecule has 1 fully saturated rings. The fourth-order valence-corrected chi connectivity index (χ4v) is 6.39. The summed E-state index contributed by atoms with van der Waals surface area (Å²) in [7, 11) is 0. The first-order valence-electron chi connectivity index (χ1n) is 12.8. The highest BCUT2D eigenvalue weighted by Gasteiger charge is 2.34. The zero-order valence-corrected chi connectivity index (χ0v) is 23.1. The molecule has 3 aromatic rings. The maximum Gasteiger partial charge on any atom is 0.338 e. The molecule has 0 saturated carbocycles. The van der Waals surface area contributed by atoms with Crippen LogP contribution in [0.1, 0.15) is 50.3 Å². The largest absolute Gasteiger partial charge is 0.463 e. The Morgan fingerprint density at radius 2 is 1.97 bits per heavy atom. The number of rotatable bonds is 6. The minimum Gasteiger partial charge on any atom is -0.463 e. The summed E-state index contributed by atoms with van der Waals surface area (Å²) in [6, 6.07) is 11.0. The number of carbonyl (C=O) groups excluding carboxylic acids is 1. The molecule has 0 bridgehead atoms. The molecule has 9 nitrogen and oxygen atoms in total. The molecule has 1 atom stereocenters. The van der Waals surface area contributed by atoms with Gasteiger partial charge in [0.2, 0.25) is 0 Å². The predicted octanol–water partition coefficient (Wildman–Crippen LogP) is 4.35. The van der Waals surface area contributed by atoms with Gasteiger partial charge in [-0.15, -0.1) is 0 Å². The molecule has 0 unspecified atom stereocenters. The topological polar surface area (TPSA) is 107 Å². The Morgan fingerprint density at radius 3 is 2.67 bits per heavy atom. The molecule has 11 heteroatoms. The number of allylic oxidation sites excluding steroid dienone is 1. The number of hydrogen-bond donors (Lipinski definition) is 0. The maximum atomic E-state index is 14.0. The zero-order valence-electron chi connectivity index (χ0n) is 21.6. The number of nitrogens with zero attached hydrogens (tertiary/aromatic N) is 4. The molecule has 1 aromatic heterocycles. The molecule has 2 aliphatic rings. The first-order valence-corrected chi connectivity index (χ1v) is 14.0. The lowest BCUT2D eigenvalue weighted by molar-refractivity contribution is -0.384. The zero-order chi connectivity index (χ0) is 27.7. The Morgan fingerprint density at radius 1 is 1.23 bits per heavy atom. The van der Waals surface area contributed by atoms with Crippen LogP contribution < -0.4 is 19.8 Å². The molecule has 0 radical (unpaired) electrons. The molecule has 0 spiro atoms. The fraction of sp³-hybridized carbons (Fsp3) is 0.321. The van der Waals surface area contributed by atoms with E-state index >= 15 is 0 Å². The van der Waals surface area contributed by atoms with Gasteiger partial charge in [-0.2, -0.15) is 0 Å². The number of benzene rings is 2. The van der Waals surface area contributed by atoms with Crippen molar-refractivity contribution in [2.75, 3.05) is 24.6 Å². The highest BCUT2D eigenvalue weighted by Crippen LogP contribution is 2.34. The molecule has 2 aromatic carbocycles. The summed E-state index contributed by atoms with van der Waals surface area (Å²) in [5.74, 6) is -0.566. The number of halogens is 1. The van der Waals surface area contributed by atoms with Crippen LogP contribution in [-0.4, -0.2) is 35.2 Å². The van der Waals surface area contributed by atoms with Crippen LogP contribution >= 0.6 is 22.9 Å². The second kappa shape index (κ2) is 11.2. The Kier molecular flexibility index (Phi) is 7.67. The highest BCUT2D eigenvalue weighted by molar-refractivity contribution is 7.07. The molecule has 5 rings (SSSR count). The van der Waals surface area contributed by atoms with Crippen LogP contribution in [0.5, 0.6) is 0 Å². The summed E-state index contributed by atoms with van der Waals surface area (Å²) in [4.78, 5) is 45.4. The van der Waals surface area contributed by atoms with Crippen molar-refractivity contribution in [1.29, 1.82) is 0 Å². The molecule has 0 amide bonds. The average molecular weight is 567 g/mol. The number of nitro groups is 1. The second-order valence-corrected chi connectivity index (χ2v) is 10.8. The van der Waals surface area contributed by atoms with Gasteiger partial charge >= 0.3 is 5.97 Å². The molecule has 39 heavy (non-hydrogen) atoms. The number of anilines is 1. The lowest BCUT2D eigenvalue weighted by atomic mass is 9.96. The minimum absolute atomic E-state index is 0.0517. The minimum atomic E-state index is -0.831. The molecule has 3 heterocycles. The van der Waals surface area contributed by atoms with E-state index in [1.165, 1.54) is 28.0 Å². The smallest absolute Gasteiger partial charge is 0.338 e. The second-order valence-electron chi connectivity index (χ2n) is 9.37. The summed E-state index contributed by atoms with van der Waals surface area (Å²) >= 11 is 7.74. The summed E-state index contributed by atoms with van der Waals surface area (Å²) in [5, 5.41) is 12.0. The van der Waals surface area contributed by atoms with Crippen LogP contribution in [-0.2, 0) is 9.53 Å². The monoisotopic (exact) mass is 566 g/mol. The lowest BCUT2D eigenvalue weighted by Gasteiger charge is -2.30. The normalized spacial score (nSPS) is 17.6. The van der Waals surface area contributed by atoms with E-state index in [0.717, 1.165) is 38.0 Å². The van der Waals surface area contributed by atoms with Crippen LogP contribution in [0.15, 0.2) is 63.5 Å². The third-order valence-electron chi connectivity index (χ3n) is 6.92. The molecular weight excluding hydrogens is 540 g/mol. The van der Waals surface area contributed by atoms with Gasteiger partial charge in [0.1, 0.15) is 6.04 Å². The molecule has 2 aliphatic heterocycles. The van der Waals surface area contributed by atoms with Gasteiger partial charge in [0, 0.05) is 41.5 Å². The third-order valence-corrected chi connectivity index (χ3v) is 8.25. The molecule has 1 saturated heterocycles. The number of piperidine rings is 1. The van der Waals surface area contributed by atoms with E-state index in [-0.39, 0.29) is 23.4 Å². The Labute approximate surface area is 233 Å². The van der Waals surface area contributed by atoms with Crippen molar-refractivity contribution >= 4 is 46.4 Å². The van der Waals surface area contributed by atoms with Gasteiger partial charge in [0.15, 0.2) is 4.80 Å². The van der Waals surface area contributed by atoms with E-state index in [4.69, 9.17) is 16.3 Å². The summed E-state index contributed by atoms with van der Waals surface area (Å²) in [5.41, 5.74) is 2.28. The van der Waals surface area contributed by atoms with Crippen molar-refractivity contribution in [2.45, 2.75) is 39.2 Å². The van der Waals surface area contributed by atoms with Gasteiger partial charge in [-0.1, -0.05) is 41.1 Å². The number of non-ortho nitro benzene ring substituents is 1. The Bertz CT molecular complexity index is 1670. The van der Waals surface area contributed by atoms with E-state index in [1.807, 2.05) is 0 Å². The maximum absolute atomic E-state index is 14.0. The number of esters is 1. The van der Waals surface area contributed by atoms with Gasteiger partial charge in [0.05, 0.1) is 27.3 Å². The van der Waals surface area contributed by atoms with Crippen LogP contribution in [0.4, 0.5) is 11.4 Å². The van der Waals surface area contributed by atoms with Crippen molar-refractivity contribution in [1.82, 2.24) is 4.57 Å². The van der Waals surface area contributed by atoms with Gasteiger partial charge in [-0.05, 0) is 56.9 Å². The van der Waals surface area contributed by atoms with Crippen LogP contribution in [0.2, 0.25) is 5.02 Å². The van der Waals surface area contributed by atoms with Crippen molar-refractivity contribution in [3.63, 3.8) is 0 Å². The van der Waals surface area contributed by atoms with E-state index in [2.05, 4.69) is 9.89 Å². The van der Waals surface area contributed by atoms with E-state index in [9.17, 15) is 19.7 Å². The SMILES string of the molecule is CCOC(=O)C1=C(C)N=c2s/c(=C/c3cc([N+](=O)[O-])ccc3N3CCCCC3)c(=O)n2[C@@H]1c1ccccc1Cl. The third kappa shape index (κ3) is 5.14. The van der Waals surface area contributed by atoms with E-state index in [1.54, 1.807) is 50.3 Å². The van der Waals surface area contributed by atoms with Crippen LogP contribution in [0, 0.1) is 10.1 Å². The summed E-state index contributed by atoms with van der Waals surface area (Å²) in [6.07, 6.45) is 4.90. The average Bonchev–Trinajstić information content (AvgIpc) is 3.23. The molecule has 0 aliphatic carbocycles. The number of carbonyl (C=O) groups is 1. The molecule has 0 N–H and O–H groups in total. The summed E-state index contributed by atoms with van der Waals surface area (Å²) in [6.45, 7) is 5.28. The Hall–Kier alpha value is -3.76. The molecule has 202 valence electrons. The van der Waals surface area contributed by atoms with Crippen LogP contribution in [0.3, 0.4) is 0 Å². The highest BCUT2D eigenvalue weighted by atomic mass is 35.5. The quantitative estimate of drug-likeness (QED) is 0.249. The number of nitro benzene ring substituents is 1. The standard InChI is InChI=1S/C28H27ClN4O5S/c1-3-38-27(35)24-17(2)30-28-32(25(24)20-9-5-6-10-21(20)29)26(34)23(39-28)16-18-15-19(33(36)37)11-12-22(18)31-13-7-4-8-14-31/h5-6,9-12,15-16,25H,3-4,7-8,13-14H2,1-2H3/b23-16+/t25-/m1/s1. The van der Waals surface area contributed by atoms with E-state index < -0.39 is 16.9 Å². The number of ether oxygens (including phenoxy) is 1. The van der Waals surface area contributed by atoms with Gasteiger partial charge in [0.25, 0.3) is 11.2 Å². The van der Waals surface area contributed by atoms with Crippen molar-refractivity contribution in [2.24, 2.45) is 4.99 Å². The van der Waals surface area contributed by atoms with E-state index in [0.29, 0.717) is 31.2 Å². The Balaban J connectivity index is 1.73. The number of thiazole rings is 1. The number of hydrogen-bond acceptors (Lipinski definition) is 8. The van der Waals surface area contributed by atoms with Crippen molar-refractivity contribution in [3.8, 4) is 0 Å². The van der Waals surface area contributed by atoms with Crippen LogP contribution in [0.25, 0.3) is 6.08 Å². The number of fused-ring (bicyclic) bond motifs is 1. The predicted molar refractivity (Wildman–Crippen MR) is 151 cm³/mol. The lowest BCUT2D eigenvalue weighted by Crippen LogP contribution is -2.40. The fourth-order valence-electron chi connectivity index (χ4n) is 5.12.